The standard InChI is InChI=1S/C36H34NO5P/c1-4-41-34(39)32(36(26-37,27(3)38)28-18-10-6-11-19-28)33(35(40)42-5-2)43(29-20-12-7-13-21-29,30-22-14-8-15-23-30)31-24-16-9-17-25-31/h6-25,32H,4-5H2,1-3H3/p+1/b35-33+. The van der Waals surface area contributed by atoms with Crippen LogP contribution >= 0.6 is 7.26 Å². The summed E-state index contributed by atoms with van der Waals surface area (Å²) in [6.07, 6.45) is 0. The summed E-state index contributed by atoms with van der Waals surface area (Å²) in [5.74, 6) is -3.45. The smallest absolute Gasteiger partial charge is 0.319 e. The third-order valence-corrected chi connectivity index (χ3v) is 11.9. The molecule has 0 aliphatic carbocycles. The highest BCUT2D eigenvalue weighted by molar-refractivity contribution is 7.99. The van der Waals surface area contributed by atoms with Gasteiger partial charge in [0.1, 0.15) is 23.2 Å². The molecule has 2 atom stereocenters. The third kappa shape index (κ3) is 5.69. The Morgan fingerprint density at radius 2 is 1.14 bits per heavy atom. The number of hydrogen-bond acceptors (Lipinski definition) is 6. The lowest BCUT2D eigenvalue weighted by molar-refractivity contribution is -0.150. The van der Waals surface area contributed by atoms with Crippen molar-refractivity contribution in [3.8, 4) is 6.07 Å². The second-order valence-electron chi connectivity index (χ2n) is 9.83. The maximum atomic E-state index is 14.4. The lowest BCUT2D eigenvalue weighted by atomic mass is 9.68. The number of esters is 1. The highest BCUT2D eigenvalue weighted by atomic mass is 31.2. The van der Waals surface area contributed by atoms with Gasteiger partial charge >= 0.3 is 11.9 Å². The first kappa shape index (κ1) is 31.2. The zero-order valence-corrected chi connectivity index (χ0v) is 25.4. The molecule has 0 saturated heterocycles. The molecule has 4 rings (SSSR count). The number of nitrogens with zero attached hydrogens (tertiary/aromatic N) is 1. The molecule has 0 aromatic heterocycles. The first-order valence-corrected chi connectivity index (χ1v) is 15.9. The topological polar surface area (TPSA) is 96.6 Å². The zero-order chi connectivity index (χ0) is 30.9. The minimum atomic E-state index is -3.25. The van der Waals surface area contributed by atoms with Crippen LogP contribution in [-0.2, 0) is 24.5 Å². The number of aliphatic hydroxyl groups is 1. The Kier molecular flexibility index (Phi) is 10.1. The molecule has 6 nitrogen and oxygen atoms in total. The van der Waals surface area contributed by atoms with Crippen LogP contribution in [0.25, 0.3) is 0 Å². The van der Waals surface area contributed by atoms with Crippen molar-refractivity contribution in [3.63, 3.8) is 0 Å². The number of benzene rings is 4. The van der Waals surface area contributed by atoms with Gasteiger partial charge in [-0.05, 0) is 62.7 Å². The maximum Gasteiger partial charge on any atom is 0.319 e. The van der Waals surface area contributed by atoms with E-state index < -0.39 is 36.3 Å². The molecule has 0 spiro atoms. The van der Waals surface area contributed by atoms with Crippen LogP contribution < -0.4 is 15.9 Å². The minimum absolute atomic E-state index is 0.000329. The van der Waals surface area contributed by atoms with Crippen molar-refractivity contribution in [3.05, 3.63) is 138 Å². The van der Waals surface area contributed by atoms with Gasteiger partial charge in [0.2, 0.25) is 0 Å². The second kappa shape index (κ2) is 14.0. The molecule has 2 unspecified atom stereocenters. The average molecular weight is 593 g/mol. The highest BCUT2D eigenvalue weighted by Crippen LogP contribution is 2.67. The van der Waals surface area contributed by atoms with Crippen LogP contribution in [-0.4, -0.2) is 30.1 Å². The van der Waals surface area contributed by atoms with Gasteiger partial charge < -0.3 is 14.6 Å². The first-order valence-electron chi connectivity index (χ1n) is 14.2. The number of ether oxygens (including phenoxy) is 2. The van der Waals surface area contributed by atoms with Gasteiger partial charge in [-0.2, -0.15) is 5.26 Å². The van der Waals surface area contributed by atoms with Crippen molar-refractivity contribution < 1.29 is 24.2 Å². The zero-order valence-electron chi connectivity index (χ0n) is 24.5. The first-order chi connectivity index (χ1) is 20.9. The van der Waals surface area contributed by atoms with E-state index in [1.165, 1.54) is 6.92 Å². The Balaban J connectivity index is 2.32. The van der Waals surface area contributed by atoms with Gasteiger partial charge in [0.25, 0.3) is 0 Å². The van der Waals surface area contributed by atoms with E-state index in [1.54, 1.807) is 44.2 Å². The van der Waals surface area contributed by atoms with Crippen molar-refractivity contribution in [2.75, 3.05) is 13.2 Å². The van der Waals surface area contributed by atoms with E-state index in [0.717, 1.165) is 15.9 Å². The van der Waals surface area contributed by atoms with E-state index in [4.69, 9.17) is 9.47 Å². The largest absolute Gasteiger partial charge is 0.478 e. The average Bonchev–Trinajstić information content (AvgIpc) is 3.04. The number of Topliss-reactive ketones (excluding diaryl/α,β-unsaturated/α-hetero) is 1. The third-order valence-electron chi connectivity index (χ3n) is 7.48. The second-order valence-corrected chi connectivity index (χ2v) is 13.2. The number of ketones is 1. The molecule has 0 heterocycles. The normalized spacial score (nSPS) is 13.9. The fraction of sp³-hybridized carbons (Fsp3) is 0.194. The molecule has 0 aliphatic rings. The van der Waals surface area contributed by atoms with E-state index in [-0.39, 0.29) is 18.5 Å². The molecule has 0 saturated carbocycles. The minimum Gasteiger partial charge on any atom is -0.478 e. The summed E-state index contributed by atoms with van der Waals surface area (Å²) >= 11 is 0. The number of carbonyl (C=O) groups excluding carboxylic acids is 2. The van der Waals surface area contributed by atoms with Crippen molar-refractivity contribution in [1.82, 2.24) is 0 Å². The van der Waals surface area contributed by atoms with Gasteiger partial charge in [0, 0.05) is 0 Å². The predicted molar refractivity (Wildman–Crippen MR) is 171 cm³/mol. The van der Waals surface area contributed by atoms with Crippen molar-refractivity contribution >= 4 is 34.9 Å². The van der Waals surface area contributed by atoms with Gasteiger partial charge in [-0.15, -0.1) is 0 Å². The van der Waals surface area contributed by atoms with Gasteiger partial charge in [-0.1, -0.05) is 84.9 Å². The van der Waals surface area contributed by atoms with Crippen LogP contribution in [0.15, 0.2) is 133 Å². The molecule has 43 heavy (non-hydrogen) atoms. The monoisotopic (exact) mass is 592 g/mol. The fourth-order valence-corrected chi connectivity index (χ4v) is 10.3. The van der Waals surface area contributed by atoms with Gasteiger partial charge in [0.15, 0.2) is 22.4 Å². The lowest BCUT2D eigenvalue weighted by Gasteiger charge is -2.38. The summed E-state index contributed by atoms with van der Waals surface area (Å²) < 4.78 is 11.5. The van der Waals surface area contributed by atoms with Gasteiger partial charge in [0.05, 0.1) is 19.3 Å². The van der Waals surface area contributed by atoms with Gasteiger partial charge in [-0.25, -0.2) is 0 Å². The summed E-state index contributed by atoms with van der Waals surface area (Å²) in [6.45, 7) is 4.76. The lowest BCUT2D eigenvalue weighted by Crippen LogP contribution is -2.49. The Morgan fingerprint density at radius 1 is 0.744 bits per heavy atom. The number of aliphatic hydroxyl groups excluding tert-OH is 1. The van der Waals surface area contributed by atoms with Gasteiger partial charge in [-0.3, -0.25) is 9.59 Å². The van der Waals surface area contributed by atoms with E-state index >= 15 is 0 Å². The Labute approximate surface area is 253 Å². The fourth-order valence-electron chi connectivity index (χ4n) is 5.69. The van der Waals surface area contributed by atoms with Crippen molar-refractivity contribution in [2.24, 2.45) is 5.92 Å². The number of carbonyl (C=O) groups is 2. The molecule has 1 N–H and O–H groups in total. The summed E-state index contributed by atoms with van der Waals surface area (Å²) in [7, 11) is -3.25. The molecule has 7 heteroatoms. The molecule has 4 aromatic carbocycles. The number of hydrogen-bond donors (Lipinski definition) is 1. The van der Waals surface area contributed by atoms with Crippen LogP contribution in [0, 0.1) is 17.2 Å². The van der Waals surface area contributed by atoms with Crippen LogP contribution in [0.1, 0.15) is 26.3 Å². The van der Waals surface area contributed by atoms with Crippen LogP contribution in [0.2, 0.25) is 0 Å². The van der Waals surface area contributed by atoms with Crippen LogP contribution in [0.4, 0.5) is 0 Å². The van der Waals surface area contributed by atoms with Crippen molar-refractivity contribution in [2.45, 2.75) is 26.2 Å². The summed E-state index contributed by atoms with van der Waals surface area (Å²) in [5, 5.41) is 25.6. The quantitative estimate of drug-likeness (QED) is 0.124. The van der Waals surface area contributed by atoms with Crippen LogP contribution in [0.3, 0.4) is 0 Å². The van der Waals surface area contributed by atoms with E-state index in [9.17, 15) is 20.0 Å². The van der Waals surface area contributed by atoms with Crippen molar-refractivity contribution in [1.29, 1.82) is 5.26 Å². The van der Waals surface area contributed by atoms with E-state index in [2.05, 4.69) is 6.07 Å². The Morgan fingerprint density at radius 3 is 1.49 bits per heavy atom. The van der Waals surface area contributed by atoms with E-state index in [1.807, 2.05) is 91.0 Å². The molecule has 0 radical (unpaired) electrons. The Hall–Kier alpha value is -4.72. The SMILES string of the molecule is CCOC(=O)C(/C(=C(/O)OCC)[P+](c1ccccc1)(c1ccccc1)c1ccccc1)C(C#N)(C(C)=O)c1ccccc1. The molecular weight excluding hydrogens is 557 g/mol. The summed E-state index contributed by atoms with van der Waals surface area (Å²) in [5.41, 5.74) is -1.74. The van der Waals surface area contributed by atoms with Crippen LogP contribution in [0.5, 0.6) is 0 Å². The molecule has 0 bridgehead atoms. The summed E-state index contributed by atoms with van der Waals surface area (Å²) in [6, 6.07) is 39.4. The molecular formula is C36H35NO5P+. The molecule has 0 amide bonds. The number of rotatable bonds is 12. The predicted octanol–water partition coefficient (Wildman–Crippen LogP) is 5.97. The molecule has 0 fully saturated rings. The molecule has 4 aromatic rings. The molecule has 0 aliphatic heterocycles. The Bertz CT molecular complexity index is 1500. The summed E-state index contributed by atoms with van der Waals surface area (Å²) in [4.78, 5) is 28.3. The maximum absolute atomic E-state index is 14.4. The molecule has 218 valence electrons. The van der Waals surface area contributed by atoms with E-state index in [0.29, 0.717) is 5.56 Å². The number of nitriles is 1. The highest BCUT2D eigenvalue weighted by Gasteiger charge is 2.64.